The molecule has 0 saturated heterocycles. The molecule has 0 aromatic rings. The Bertz CT molecular complexity index is 388. The minimum atomic E-state index is -0.418. The maximum Gasteiger partial charge on any atom is 0.242 e. The molecule has 5 nitrogen and oxygen atoms in total. The second kappa shape index (κ2) is 21.6. The van der Waals surface area contributed by atoms with Crippen molar-refractivity contribution in [3.8, 4) is 0 Å². The molecule has 0 spiro atoms. The van der Waals surface area contributed by atoms with Crippen LogP contribution in [0.4, 0.5) is 0 Å². The van der Waals surface area contributed by atoms with Gasteiger partial charge in [0.05, 0.1) is 0 Å². The Balaban J connectivity index is 4.01. The average Bonchev–Trinajstić information content (AvgIpc) is 2.71. The lowest BCUT2D eigenvalue weighted by Crippen LogP contribution is -2.47. The van der Waals surface area contributed by atoms with Crippen molar-refractivity contribution in [2.45, 2.75) is 129 Å². The summed E-state index contributed by atoms with van der Waals surface area (Å²) in [4.78, 5) is 24.8. The molecule has 1 atom stereocenters. The van der Waals surface area contributed by atoms with Crippen molar-refractivity contribution in [3.05, 3.63) is 0 Å². The molecule has 4 N–H and O–H groups in total. The lowest BCUT2D eigenvalue weighted by Gasteiger charge is -2.18. The number of carbonyl (C=O) groups excluding carboxylic acids is 2. The van der Waals surface area contributed by atoms with Crippen molar-refractivity contribution in [3.63, 3.8) is 0 Å². The third-order valence-electron chi connectivity index (χ3n) is 5.44. The van der Waals surface area contributed by atoms with Gasteiger partial charge in [-0.2, -0.15) is 0 Å². The minimum absolute atomic E-state index is 0.00632. The van der Waals surface area contributed by atoms with E-state index in [4.69, 9.17) is 5.73 Å². The molecule has 0 radical (unpaired) electrons. The molecule has 0 aliphatic rings. The number of nitrogens with two attached hydrogens (primary N) is 1. The number of nitrogens with one attached hydrogen (secondary N) is 2. The first-order valence-electron chi connectivity index (χ1n) is 12.4. The highest BCUT2D eigenvalue weighted by molar-refractivity contribution is 5.87. The SMILES string of the molecule is CCCCCCCCCCCC(=O)NC(CCCCN)C(=O)NCCCCCC. The minimum Gasteiger partial charge on any atom is -0.354 e. The number of unbranched alkanes of at least 4 members (excludes halogenated alkanes) is 12. The van der Waals surface area contributed by atoms with Gasteiger partial charge in [-0.05, 0) is 38.6 Å². The van der Waals surface area contributed by atoms with Crippen molar-refractivity contribution in [1.29, 1.82) is 0 Å². The van der Waals surface area contributed by atoms with Gasteiger partial charge >= 0.3 is 0 Å². The average molecular weight is 412 g/mol. The predicted octanol–water partition coefficient (Wildman–Crippen LogP) is 5.22. The molecule has 29 heavy (non-hydrogen) atoms. The Morgan fingerprint density at radius 1 is 0.724 bits per heavy atom. The molecule has 172 valence electrons. The van der Waals surface area contributed by atoms with Crippen LogP contribution in [0.15, 0.2) is 0 Å². The monoisotopic (exact) mass is 411 g/mol. The number of hydrogen-bond acceptors (Lipinski definition) is 3. The van der Waals surface area contributed by atoms with Crippen LogP contribution in [0.1, 0.15) is 123 Å². The van der Waals surface area contributed by atoms with Gasteiger partial charge < -0.3 is 16.4 Å². The van der Waals surface area contributed by atoms with Crippen LogP contribution in [0, 0.1) is 0 Å². The highest BCUT2D eigenvalue weighted by Crippen LogP contribution is 2.11. The molecule has 0 aliphatic heterocycles. The van der Waals surface area contributed by atoms with Gasteiger partial charge in [-0.25, -0.2) is 0 Å². The summed E-state index contributed by atoms with van der Waals surface area (Å²) in [5, 5.41) is 5.96. The van der Waals surface area contributed by atoms with Crippen LogP contribution in [0.25, 0.3) is 0 Å². The van der Waals surface area contributed by atoms with E-state index in [1.807, 2.05) is 0 Å². The molecule has 0 aromatic heterocycles. The van der Waals surface area contributed by atoms with E-state index >= 15 is 0 Å². The Morgan fingerprint density at radius 3 is 1.86 bits per heavy atom. The molecule has 0 bridgehead atoms. The van der Waals surface area contributed by atoms with Gasteiger partial charge in [-0.15, -0.1) is 0 Å². The number of rotatable bonds is 21. The fourth-order valence-corrected chi connectivity index (χ4v) is 3.51. The summed E-state index contributed by atoms with van der Waals surface area (Å²) in [6, 6.07) is -0.418. The topological polar surface area (TPSA) is 84.2 Å². The van der Waals surface area contributed by atoms with Gasteiger partial charge in [0.25, 0.3) is 0 Å². The summed E-state index contributed by atoms with van der Waals surface area (Å²) < 4.78 is 0. The first-order chi connectivity index (χ1) is 14.2. The Labute approximate surface area is 180 Å². The molecule has 0 heterocycles. The molecule has 2 amide bonds. The van der Waals surface area contributed by atoms with Gasteiger partial charge in [0, 0.05) is 13.0 Å². The van der Waals surface area contributed by atoms with Crippen LogP contribution >= 0.6 is 0 Å². The molecule has 0 saturated carbocycles. The van der Waals surface area contributed by atoms with E-state index in [0.717, 1.165) is 38.5 Å². The lowest BCUT2D eigenvalue weighted by atomic mass is 10.1. The first kappa shape index (κ1) is 27.9. The van der Waals surface area contributed by atoms with E-state index < -0.39 is 6.04 Å². The zero-order valence-electron chi connectivity index (χ0n) is 19.4. The summed E-state index contributed by atoms with van der Waals surface area (Å²) in [5.41, 5.74) is 5.57. The first-order valence-corrected chi connectivity index (χ1v) is 12.4. The standard InChI is InChI=1S/C24H49N3O2/c1-3-5-7-9-10-11-12-13-14-19-23(28)27-22(18-15-16-20-25)24(29)26-21-17-8-6-4-2/h22H,3-21,25H2,1-2H3,(H,26,29)(H,27,28). The molecule has 0 fully saturated rings. The molecular formula is C24H49N3O2. The quantitative estimate of drug-likeness (QED) is 0.226. The van der Waals surface area contributed by atoms with Crippen LogP contribution in [0.2, 0.25) is 0 Å². The van der Waals surface area contributed by atoms with Crippen LogP contribution in [-0.2, 0) is 9.59 Å². The van der Waals surface area contributed by atoms with Crippen molar-refractivity contribution < 1.29 is 9.59 Å². The van der Waals surface area contributed by atoms with E-state index in [2.05, 4.69) is 24.5 Å². The van der Waals surface area contributed by atoms with E-state index in [1.165, 1.54) is 57.8 Å². The number of hydrogen-bond donors (Lipinski definition) is 3. The highest BCUT2D eigenvalue weighted by Gasteiger charge is 2.19. The summed E-state index contributed by atoms with van der Waals surface area (Å²) in [7, 11) is 0. The zero-order valence-corrected chi connectivity index (χ0v) is 19.4. The lowest BCUT2D eigenvalue weighted by molar-refractivity contribution is -0.129. The van der Waals surface area contributed by atoms with Crippen LogP contribution in [0.5, 0.6) is 0 Å². The third-order valence-corrected chi connectivity index (χ3v) is 5.44. The van der Waals surface area contributed by atoms with E-state index in [0.29, 0.717) is 25.9 Å². The summed E-state index contributed by atoms with van der Waals surface area (Å²) in [6.45, 7) is 5.73. The molecule has 0 aromatic carbocycles. The summed E-state index contributed by atoms with van der Waals surface area (Å²) in [6.07, 6.45) is 18.6. The molecule has 5 heteroatoms. The maximum absolute atomic E-state index is 12.5. The van der Waals surface area contributed by atoms with Gasteiger partial charge in [0.15, 0.2) is 0 Å². The predicted molar refractivity (Wildman–Crippen MR) is 124 cm³/mol. The van der Waals surface area contributed by atoms with Crippen molar-refractivity contribution in [2.75, 3.05) is 13.1 Å². The van der Waals surface area contributed by atoms with Crippen molar-refractivity contribution in [1.82, 2.24) is 10.6 Å². The Kier molecular flexibility index (Phi) is 20.8. The van der Waals surface area contributed by atoms with Crippen molar-refractivity contribution in [2.24, 2.45) is 5.73 Å². The van der Waals surface area contributed by atoms with E-state index in [1.54, 1.807) is 0 Å². The van der Waals surface area contributed by atoms with Gasteiger partial charge in [0.2, 0.25) is 11.8 Å². The van der Waals surface area contributed by atoms with Crippen molar-refractivity contribution >= 4 is 11.8 Å². The Morgan fingerprint density at radius 2 is 1.28 bits per heavy atom. The zero-order chi connectivity index (χ0) is 21.6. The number of amides is 2. The van der Waals surface area contributed by atoms with Crippen LogP contribution < -0.4 is 16.4 Å². The second-order valence-corrected chi connectivity index (χ2v) is 8.33. The van der Waals surface area contributed by atoms with E-state index in [-0.39, 0.29) is 11.8 Å². The fraction of sp³-hybridized carbons (Fsp3) is 0.917. The Hall–Kier alpha value is -1.10. The normalized spacial score (nSPS) is 12.0. The third kappa shape index (κ3) is 18.7. The molecular weight excluding hydrogens is 362 g/mol. The van der Waals surface area contributed by atoms with Gasteiger partial charge in [-0.1, -0.05) is 84.5 Å². The van der Waals surface area contributed by atoms with Crippen LogP contribution in [-0.4, -0.2) is 30.9 Å². The summed E-state index contributed by atoms with van der Waals surface area (Å²) in [5.74, 6) is -0.0363. The molecule has 1 unspecified atom stereocenters. The van der Waals surface area contributed by atoms with Gasteiger partial charge in [0.1, 0.15) is 6.04 Å². The second-order valence-electron chi connectivity index (χ2n) is 8.33. The van der Waals surface area contributed by atoms with Gasteiger partial charge in [-0.3, -0.25) is 9.59 Å². The largest absolute Gasteiger partial charge is 0.354 e. The molecule has 0 aliphatic carbocycles. The smallest absolute Gasteiger partial charge is 0.242 e. The number of carbonyl (C=O) groups is 2. The maximum atomic E-state index is 12.5. The summed E-state index contributed by atoms with van der Waals surface area (Å²) >= 11 is 0. The van der Waals surface area contributed by atoms with Crippen LogP contribution in [0.3, 0.4) is 0 Å². The fourth-order valence-electron chi connectivity index (χ4n) is 3.51. The van der Waals surface area contributed by atoms with E-state index in [9.17, 15) is 9.59 Å². The molecule has 0 rings (SSSR count). The highest BCUT2D eigenvalue weighted by atomic mass is 16.2.